The zero-order chi connectivity index (χ0) is 19.7. The van der Waals surface area contributed by atoms with Gasteiger partial charge in [-0.2, -0.15) is 0 Å². The smallest absolute Gasteiger partial charge is 0.318 e. The van der Waals surface area contributed by atoms with E-state index in [1.165, 1.54) is 4.88 Å². The first-order chi connectivity index (χ1) is 12.8. The predicted molar refractivity (Wildman–Crippen MR) is 108 cm³/mol. The third kappa shape index (κ3) is 3.93. The molecule has 0 saturated heterocycles. The summed E-state index contributed by atoms with van der Waals surface area (Å²) in [5.41, 5.74) is 6.03. The third-order valence-electron chi connectivity index (χ3n) is 4.59. The minimum atomic E-state index is -0.903. The number of carbonyl (C=O) groups is 2. The molecule has 3 rings (SSSR count). The standard InChI is InChI=1S/C18H22N4O3S2/c1-4-7-22-16(24)13-11-6-5-9(2)8-12(11)27-15(13)21-18(22)26-10(3)14(23)20-17(19)25/h4,9-10H,1,5-8H2,2-3H3,(H3,19,20,23,25)/t9-,10+/m0/s1. The number of aryl methyl sites for hydroxylation is 1. The predicted octanol–water partition coefficient (Wildman–Crippen LogP) is 2.44. The lowest BCUT2D eigenvalue weighted by Gasteiger charge is -2.18. The van der Waals surface area contributed by atoms with Crippen molar-refractivity contribution in [1.82, 2.24) is 14.9 Å². The van der Waals surface area contributed by atoms with Crippen LogP contribution in [0, 0.1) is 5.92 Å². The molecule has 0 unspecified atom stereocenters. The van der Waals surface area contributed by atoms with E-state index < -0.39 is 17.2 Å². The average molecular weight is 407 g/mol. The largest absolute Gasteiger partial charge is 0.351 e. The van der Waals surface area contributed by atoms with E-state index in [9.17, 15) is 14.4 Å². The average Bonchev–Trinajstić information content (AvgIpc) is 2.94. The zero-order valence-corrected chi connectivity index (χ0v) is 16.9. The molecule has 1 aliphatic carbocycles. The molecule has 9 heteroatoms. The summed E-state index contributed by atoms with van der Waals surface area (Å²) in [5, 5.41) is 2.56. The van der Waals surface area contributed by atoms with Gasteiger partial charge in [0.05, 0.1) is 10.6 Å². The highest BCUT2D eigenvalue weighted by atomic mass is 32.2. The van der Waals surface area contributed by atoms with E-state index in [0.717, 1.165) is 36.6 Å². The van der Waals surface area contributed by atoms with Crippen LogP contribution in [-0.2, 0) is 24.2 Å². The van der Waals surface area contributed by atoms with Gasteiger partial charge in [-0.05, 0) is 37.7 Å². The minimum absolute atomic E-state index is 0.100. The van der Waals surface area contributed by atoms with Crippen molar-refractivity contribution in [3.8, 4) is 0 Å². The summed E-state index contributed by atoms with van der Waals surface area (Å²) in [6, 6.07) is -0.903. The molecule has 27 heavy (non-hydrogen) atoms. The monoisotopic (exact) mass is 406 g/mol. The second-order valence-corrected chi connectivity index (χ2v) is 9.14. The number of nitrogens with one attached hydrogen (secondary N) is 1. The quantitative estimate of drug-likeness (QED) is 0.451. The molecule has 0 saturated carbocycles. The van der Waals surface area contributed by atoms with Crippen molar-refractivity contribution in [3.05, 3.63) is 33.4 Å². The SMILES string of the molecule is C=CCn1c(S[C@H](C)C(=O)NC(N)=O)nc2sc3c(c2c1=O)CC[C@H](C)C3. The van der Waals surface area contributed by atoms with Crippen LogP contribution in [0.15, 0.2) is 22.6 Å². The summed E-state index contributed by atoms with van der Waals surface area (Å²) in [4.78, 5) is 42.7. The van der Waals surface area contributed by atoms with E-state index in [0.29, 0.717) is 27.8 Å². The highest BCUT2D eigenvalue weighted by molar-refractivity contribution is 8.00. The maximum absolute atomic E-state index is 13.2. The first-order valence-electron chi connectivity index (χ1n) is 8.74. The first-order valence-corrected chi connectivity index (χ1v) is 10.4. The van der Waals surface area contributed by atoms with E-state index in [1.54, 1.807) is 28.9 Å². The second kappa shape index (κ2) is 7.85. The van der Waals surface area contributed by atoms with Crippen LogP contribution in [0.3, 0.4) is 0 Å². The molecule has 0 bridgehead atoms. The summed E-state index contributed by atoms with van der Waals surface area (Å²) < 4.78 is 1.54. The number of carbonyl (C=O) groups excluding carboxylic acids is 2. The Kier molecular flexibility index (Phi) is 5.71. The van der Waals surface area contributed by atoms with Gasteiger partial charge in [0, 0.05) is 11.4 Å². The molecule has 2 heterocycles. The summed E-state index contributed by atoms with van der Waals surface area (Å²) >= 11 is 2.69. The molecule has 2 aromatic rings. The zero-order valence-electron chi connectivity index (χ0n) is 15.3. The van der Waals surface area contributed by atoms with Gasteiger partial charge in [0.15, 0.2) is 5.16 Å². The van der Waals surface area contributed by atoms with Gasteiger partial charge in [0.2, 0.25) is 5.91 Å². The Bertz CT molecular complexity index is 979. The van der Waals surface area contributed by atoms with Crippen molar-refractivity contribution in [3.63, 3.8) is 0 Å². The molecule has 0 spiro atoms. The number of urea groups is 1. The second-order valence-electron chi connectivity index (χ2n) is 6.74. The lowest BCUT2D eigenvalue weighted by Crippen LogP contribution is -2.39. The van der Waals surface area contributed by atoms with Crippen LogP contribution in [0.4, 0.5) is 4.79 Å². The minimum Gasteiger partial charge on any atom is -0.351 e. The fourth-order valence-corrected chi connectivity index (χ4v) is 5.56. The molecule has 0 fully saturated rings. The molecule has 0 aliphatic heterocycles. The Morgan fingerprint density at radius 2 is 2.30 bits per heavy atom. The molecular formula is C18H22N4O3S2. The van der Waals surface area contributed by atoms with Crippen LogP contribution in [0.2, 0.25) is 0 Å². The number of hydrogen-bond donors (Lipinski definition) is 2. The Hall–Kier alpha value is -2.13. The van der Waals surface area contributed by atoms with Crippen LogP contribution in [0.25, 0.3) is 10.2 Å². The van der Waals surface area contributed by atoms with Crippen LogP contribution in [0.5, 0.6) is 0 Å². The molecule has 2 aromatic heterocycles. The lowest BCUT2D eigenvalue weighted by atomic mass is 9.89. The Balaban J connectivity index is 2.06. The Labute approximate surface area is 165 Å². The van der Waals surface area contributed by atoms with Crippen molar-refractivity contribution in [1.29, 1.82) is 0 Å². The van der Waals surface area contributed by atoms with Gasteiger partial charge in [-0.3, -0.25) is 19.5 Å². The number of imide groups is 1. The highest BCUT2D eigenvalue weighted by Gasteiger charge is 2.26. The maximum atomic E-state index is 13.2. The van der Waals surface area contributed by atoms with Gasteiger partial charge < -0.3 is 5.73 Å². The highest BCUT2D eigenvalue weighted by Crippen LogP contribution is 2.36. The molecular weight excluding hydrogens is 384 g/mol. The molecule has 3 amide bonds. The van der Waals surface area contributed by atoms with Crippen molar-refractivity contribution >= 4 is 45.3 Å². The van der Waals surface area contributed by atoms with Gasteiger partial charge >= 0.3 is 6.03 Å². The van der Waals surface area contributed by atoms with Gasteiger partial charge in [-0.25, -0.2) is 9.78 Å². The topological polar surface area (TPSA) is 107 Å². The number of fused-ring (bicyclic) bond motifs is 3. The number of amides is 3. The Morgan fingerprint density at radius 3 is 2.96 bits per heavy atom. The van der Waals surface area contributed by atoms with Crippen molar-refractivity contribution < 1.29 is 9.59 Å². The van der Waals surface area contributed by atoms with Gasteiger partial charge in [0.1, 0.15) is 4.83 Å². The van der Waals surface area contributed by atoms with E-state index >= 15 is 0 Å². The summed E-state index contributed by atoms with van der Waals surface area (Å²) in [5.74, 6) is 0.0821. The summed E-state index contributed by atoms with van der Waals surface area (Å²) in [6.45, 7) is 7.88. The fraction of sp³-hybridized carbons (Fsp3) is 0.444. The van der Waals surface area contributed by atoms with Gasteiger partial charge in [-0.1, -0.05) is 24.8 Å². The van der Waals surface area contributed by atoms with Crippen molar-refractivity contribution in [2.75, 3.05) is 0 Å². The number of thioether (sulfide) groups is 1. The molecule has 7 nitrogen and oxygen atoms in total. The maximum Gasteiger partial charge on any atom is 0.318 e. The van der Waals surface area contributed by atoms with E-state index in [4.69, 9.17) is 5.73 Å². The first kappa shape index (κ1) is 19.6. The molecule has 3 N–H and O–H groups in total. The van der Waals surface area contributed by atoms with Crippen LogP contribution < -0.4 is 16.6 Å². The van der Waals surface area contributed by atoms with Crippen LogP contribution >= 0.6 is 23.1 Å². The van der Waals surface area contributed by atoms with E-state index in [2.05, 4.69) is 23.8 Å². The lowest BCUT2D eigenvalue weighted by molar-refractivity contribution is -0.119. The number of nitrogens with zero attached hydrogens (tertiary/aromatic N) is 2. The Morgan fingerprint density at radius 1 is 1.56 bits per heavy atom. The summed E-state index contributed by atoms with van der Waals surface area (Å²) in [7, 11) is 0. The fourth-order valence-electron chi connectivity index (χ4n) is 3.22. The van der Waals surface area contributed by atoms with E-state index in [-0.39, 0.29) is 5.56 Å². The van der Waals surface area contributed by atoms with Crippen molar-refractivity contribution in [2.24, 2.45) is 11.7 Å². The number of thiophene rings is 1. The van der Waals surface area contributed by atoms with Gasteiger partial charge in [-0.15, -0.1) is 17.9 Å². The summed E-state index contributed by atoms with van der Waals surface area (Å²) in [6.07, 6.45) is 4.57. The molecule has 0 radical (unpaired) electrons. The number of hydrogen-bond acceptors (Lipinski definition) is 6. The van der Waals surface area contributed by atoms with Crippen LogP contribution in [-0.4, -0.2) is 26.7 Å². The van der Waals surface area contributed by atoms with Gasteiger partial charge in [0.25, 0.3) is 5.56 Å². The number of primary amides is 1. The molecule has 1 aliphatic rings. The number of nitrogens with two attached hydrogens (primary N) is 1. The van der Waals surface area contributed by atoms with E-state index in [1.807, 2.05) is 0 Å². The number of allylic oxidation sites excluding steroid dienone is 1. The van der Waals surface area contributed by atoms with Crippen molar-refractivity contribution in [2.45, 2.75) is 50.1 Å². The van der Waals surface area contributed by atoms with Crippen LogP contribution in [0.1, 0.15) is 30.7 Å². The number of aromatic nitrogens is 2. The molecule has 144 valence electrons. The molecule has 2 atom stereocenters. The normalized spacial score (nSPS) is 17.3. The third-order valence-corrected chi connectivity index (χ3v) is 6.83. The number of rotatable bonds is 5. The molecule has 0 aromatic carbocycles.